The summed E-state index contributed by atoms with van der Waals surface area (Å²) in [5, 5.41) is 3.59. The number of likely N-dealkylation sites (tertiary alicyclic amines) is 2. The Hall–Kier alpha value is -2.28. The lowest BCUT2D eigenvalue weighted by Gasteiger charge is -2.36. The number of amides is 1. The second-order valence-corrected chi connectivity index (χ2v) is 8.62. The van der Waals surface area contributed by atoms with E-state index in [0.717, 1.165) is 63.8 Å². The minimum absolute atomic E-state index is 0.203. The van der Waals surface area contributed by atoms with Crippen molar-refractivity contribution in [2.24, 2.45) is 22.6 Å². The van der Waals surface area contributed by atoms with Gasteiger partial charge in [0, 0.05) is 39.6 Å². The van der Waals surface area contributed by atoms with E-state index in [0.29, 0.717) is 18.3 Å². The SMILES string of the molecule is CN=C(NCC1CCN(Cc2ccc(OC)cc2)CC1)N1CCCC(CC(N)=O)C1. The average molecular weight is 416 g/mol. The van der Waals surface area contributed by atoms with Crippen molar-refractivity contribution in [3.63, 3.8) is 0 Å². The van der Waals surface area contributed by atoms with Crippen molar-refractivity contribution < 1.29 is 9.53 Å². The molecule has 0 aliphatic carbocycles. The number of hydrogen-bond acceptors (Lipinski definition) is 4. The fourth-order valence-corrected chi connectivity index (χ4v) is 4.61. The van der Waals surface area contributed by atoms with Gasteiger partial charge >= 0.3 is 0 Å². The summed E-state index contributed by atoms with van der Waals surface area (Å²) in [6, 6.07) is 8.37. The molecule has 7 nitrogen and oxygen atoms in total. The van der Waals surface area contributed by atoms with Gasteiger partial charge < -0.3 is 20.7 Å². The topological polar surface area (TPSA) is 83.2 Å². The van der Waals surface area contributed by atoms with Gasteiger partial charge in [-0.3, -0.25) is 14.7 Å². The number of nitrogens with one attached hydrogen (secondary N) is 1. The summed E-state index contributed by atoms with van der Waals surface area (Å²) in [7, 11) is 3.55. The number of carbonyl (C=O) groups is 1. The zero-order chi connectivity index (χ0) is 21.3. The monoisotopic (exact) mass is 415 g/mol. The van der Waals surface area contributed by atoms with Crippen molar-refractivity contribution in [3.05, 3.63) is 29.8 Å². The van der Waals surface area contributed by atoms with E-state index in [1.54, 1.807) is 7.11 Å². The molecule has 1 unspecified atom stereocenters. The van der Waals surface area contributed by atoms with E-state index in [-0.39, 0.29) is 5.91 Å². The molecule has 1 atom stereocenters. The highest BCUT2D eigenvalue weighted by Crippen LogP contribution is 2.21. The predicted molar refractivity (Wildman–Crippen MR) is 120 cm³/mol. The number of carbonyl (C=O) groups excluding carboxylic acids is 1. The number of hydrogen-bond donors (Lipinski definition) is 2. The summed E-state index contributed by atoms with van der Waals surface area (Å²) in [5.74, 6) is 2.68. The number of rotatable bonds is 7. The molecule has 1 aromatic carbocycles. The molecular weight excluding hydrogens is 378 g/mol. The highest BCUT2D eigenvalue weighted by molar-refractivity contribution is 5.80. The fraction of sp³-hybridized carbons (Fsp3) is 0.652. The van der Waals surface area contributed by atoms with Crippen LogP contribution >= 0.6 is 0 Å². The van der Waals surface area contributed by atoms with Crippen LogP contribution in [0.1, 0.15) is 37.7 Å². The molecule has 0 spiro atoms. The van der Waals surface area contributed by atoms with Gasteiger partial charge in [0.15, 0.2) is 5.96 Å². The lowest BCUT2D eigenvalue weighted by molar-refractivity contribution is -0.119. The Morgan fingerprint density at radius 1 is 1.17 bits per heavy atom. The van der Waals surface area contributed by atoms with E-state index in [2.05, 4.69) is 32.2 Å². The number of guanidine groups is 1. The Bertz CT molecular complexity index is 698. The van der Waals surface area contributed by atoms with Gasteiger partial charge in [-0.05, 0) is 68.3 Å². The summed E-state index contributed by atoms with van der Waals surface area (Å²) >= 11 is 0. The summed E-state index contributed by atoms with van der Waals surface area (Å²) in [6.45, 7) is 6.07. The summed E-state index contributed by atoms with van der Waals surface area (Å²) < 4.78 is 5.24. The van der Waals surface area contributed by atoms with Gasteiger partial charge in [-0.15, -0.1) is 0 Å². The Kier molecular flexibility index (Phi) is 8.37. The van der Waals surface area contributed by atoms with Crippen LogP contribution in [-0.4, -0.2) is 68.5 Å². The molecule has 166 valence electrons. The number of piperidine rings is 2. The van der Waals surface area contributed by atoms with Gasteiger partial charge in [-0.1, -0.05) is 12.1 Å². The molecule has 3 rings (SSSR count). The maximum Gasteiger partial charge on any atom is 0.217 e. The first-order valence-corrected chi connectivity index (χ1v) is 11.2. The number of nitrogens with zero attached hydrogens (tertiary/aromatic N) is 3. The first-order chi connectivity index (χ1) is 14.6. The third-order valence-corrected chi connectivity index (χ3v) is 6.34. The van der Waals surface area contributed by atoms with Crippen molar-refractivity contribution >= 4 is 11.9 Å². The number of ether oxygens (including phenoxy) is 1. The van der Waals surface area contributed by atoms with E-state index >= 15 is 0 Å². The zero-order valence-electron chi connectivity index (χ0n) is 18.5. The molecule has 0 saturated carbocycles. The average Bonchev–Trinajstić information content (AvgIpc) is 2.76. The van der Waals surface area contributed by atoms with E-state index in [1.165, 1.54) is 18.4 Å². The number of methoxy groups -OCH3 is 1. The molecule has 2 aliphatic rings. The van der Waals surface area contributed by atoms with Crippen LogP contribution in [0.2, 0.25) is 0 Å². The lowest BCUT2D eigenvalue weighted by Crippen LogP contribution is -2.48. The Morgan fingerprint density at radius 3 is 2.53 bits per heavy atom. The minimum atomic E-state index is -0.203. The van der Waals surface area contributed by atoms with Gasteiger partial charge in [0.2, 0.25) is 5.91 Å². The van der Waals surface area contributed by atoms with Gasteiger partial charge in [-0.2, -0.15) is 0 Å². The van der Waals surface area contributed by atoms with Crippen LogP contribution in [0.25, 0.3) is 0 Å². The largest absolute Gasteiger partial charge is 0.497 e. The van der Waals surface area contributed by atoms with Crippen LogP contribution in [0.3, 0.4) is 0 Å². The Balaban J connectivity index is 1.40. The van der Waals surface area contributed by atoms with Crippen molar-refractivity contribution in [1.29, 1.82) is 0 Å². The maximum atomic E-state index is 11.3. The van der Waals surface area contributed by atoms with Crippen molar-refractivity contribution in [1.82, 2.24) is 15.1 Å². The van der Waals surface area contributed by atoms with E-state index in [1.807, 2.05) is 19.2 Å². The molecular formula is C23H37N5O2. The minimum Gasteiger partial charge on any atom is -0.497 e. The molecule has 0 aromatic heterocycles. The van der Waals surface area contributed by atoms with Crippen molar-refractivity contribution in [2.75, 3.05) is 46.9 Å². The van der Waals surface area contributed by atoms with Crippen LogP contribution in [0.15, 0.2) is 29.3 Å². The van der Waals surface area contributed by atoms with Gasteiger partial charge in [0.25, 0.3) is 0 Å². The molecule has 1 amide bonds. The van der Waals surface area contributed by atoms with Gasteiger partial charge in [0.05, 0.1) is 7.11 Å². The quantitative estimate of drug-likeness (QED) is 0.526. The zero-order valence-corrected chi connectivity index (χ0v) is 18.5. The highest BCUT2D eigenvalue weighted by Gasteiger charge is 2.25. The van der Waals surface area contributed by atoms with E-state index < -0.39 is 0 Å². The summed E-state index contributed by atoms with van der Waals surface area (Å²) in [6.07, 6.45) is 5.03. The Morgan fingerprint density at radius 2 is 1.90 bits per heavy atom. The van der Waals surface area contributed by atoms with Gasteiger partial charge in [0.1, 0.15) is 5.75 Å². The van der Waals surface area contributed by atoms with E-state index in [9.17, 15) is 4.79 Å². The molecule has 0 radical (unpaired) electrons. The molecule has 2 saturated heterocycles. The van der Waals surface area contributed by atoms with Crippen molar-refractivity contribution in [3.8, 4) is 5.75 Å². The normalized spacial score (nSPS) is 21.5. The number of benzene rings is 1. The molecule has 2 heterocycles. The Labute approximate surface area is 180 Å². The molecule has 1 aromatic rings. The van der Waals surface area contributed by atoms with Gasteiger partial charge in [-0.25, -0.2) is 0 Å². The lowest BCUT2D eigenvalue weighted by atomic mass is 9.94. The summed E-state index contributed by atoms with van der Waals surface area (Å²) in [5.41, 5.74) is 6.73. The molecule has 2 fully saturated rings. The molecule has 2 aliphatic heterocycles. The number of aliphatic imine (C=N–C) groups is 1. The van der Waals surface area contributed by atoms with Crippen molar-refractivity contribution in [2.45, 2.75) is 38.6 Å². The molecule has 3 N–H and O–H groups in total. The smallest absolute Gasteiger partial charge is 0.217 e. The first kappa shape index (κ1) is 22.4. The fourth-order valence-electron chi connectivity index (χ4n) is 4.61. The van der Waals surface area contributed by atoms with Crippen LogP contribution in [-0.2, 0) is 11.3 Å². The third kappa shape index (κ3) is 6.62. The second-order valence-electron chi connectivity index (χ2n) is 8.62. The van der Waals surface area contributed by atoms with Crippen LogP contribution < -0.4 is 15.8 Å². The second kappa shape index (κ2) is 11.2. The van der Waals surface area contributed by atoms with Crippen LogP contribution in [0, 0.1) is 11.8 Å². The molecule has 7 heteroatoms. The highest BCUT2D eigenvalue weighted by atomic mass is 16.5. The maximum absolute atomic E-state index is 11.3. The molecule has 0 bridgehead atoms. The van der Waals surface area contributed by atoms with Crippen LogP contribution in [0.4, 0.5) is 0 Å². The number of nitrogens with two attached hydrogens (primary N) is 1. The standard InChI is InChI=1S/C23H37N5O2/c1-25-23(28-11-3-4-20(17-28)14-22(24)29)26-15-18-9-12-27(13-10-18)16-19-5-7-21(30-2)8-6-19/h5-8,18,20H,3-4,9-17H2,1-2H3,(H2,24,29)(H,25,26). The van der Waals surface area contributed by atoms with Crippen LogP contribution in [0.5, 0.6) is 5.75 Å². The molecule has 30 heavy (non-hydrogen) atoms. The summed E-state index contributed by atoms with van der Waals surface area (Å²) in [4.78, 5) is 20.6. The van der Waals surface area contributed by atoms with E-state index in [4.69, 9.17) is 10.5 Å². The first-order valence-electron chi connectivity index (χ1n) is 11.2. The third-order valence-electron chi connectivity index (χ3n) is 6.34. The number of primary amides is 1. The predicted octanol–water partition coefficient (Wildman–Crippen LogP) is 2.07.